The van der Waals surface area contributed by atoms with Crippen LogP contribution in [-0.2, 0) is 0 Å². The molecule has 1 heterocycles. The minimum absolute atomic E-state index is 0.329. The molecule has 1 aromatic carbocycles. The number of carbonyl (C=O) groups is 1. The summed E-state index contributed by atoms with van der Waals surface area (Å²) < 4.78 is 1.15. The van der Waals surface area contributed by atoms with Crippen molar-refractivity contribution in [3.63, 3.8) is 0 Å². The number of rotatable bonds is 0. The summed E-state index contributed by atoms with van der Waals surface area (Å²) in [4.78, 5) is 24.7. The third-order valence-electron chi connectivity index (χ3n) is 2.89. The predicted octanol–water partition coefficient (Wildman–Crippen LogP) is 2.25. The molecule has 5 nitrogen and oxygen atoms in total. The van der Waals surface area contributed by atoms with Crippen molar-refractivity contribution in [1.29, 1.82) is 0 Å². The number of nitrogen functional groups attached to an aromatic ring is 1. The van der Waals surface area contributed by atoms with E-state index < -0.39 is 11.6 Å². The van der Waals surface area contributed by atoms with E-state index in [0.29, 0.717) is 16.8 Å². The van der Waals surface area contributed by atoms with Crippen molar-refractivity contribution in [3.8, 4) is 0 Å². The lowest BCUT2D eigenvalue weighted by Crippen LogP contribution is -2.46. The molecule has 0 atom stereocenters. The monoisotopic (exact) mass is 273 g/mol. The molecule has 0 saturated carbocycles. The standard InChI is InChI=1S/C15H19N3O2/c1-9-7-10-5-6-11(16)8-12(10)18(13(9)19)14(20)17-15(2,3)4/h5-8H,16H2,1-4H3,(H,17,20). The molecule has 0 aliphatic rings. The van der Waals surface area contributed by atoms with Crippen LogP contribution >= 0.6 is 0 Å². The maximum Gasteiger partial charge on any atom is 0.329 e. The zero-order valence-electron chi connectivity index (χ0n) is 12.2. The van der Waals surface area contributed by atoms with Gasteiger partial charge in [0.1, 0.15) is 0 Å². The van der Waals surface area contributed by atoms with Gasteiger partial charge in [-0.3, -0.25) is 4.79 Å². The number of nitrogens with zero attached hydrogens (tertiary/aromatic N) is 1. The highest BCUT2D eigenvalue weighted by Gasteiger charge is 2.19. The van der Waals surface area contributed by atoms with E-state index in [1.807, 2.05) is 20.8 Å². The first-order valence-electron chi connectivity index (χ1n) is 6.43. The van der Waals surface area contributed by atoms with Gasteiger partial charge in [0, 0.05) is 16.8 Å². The topological polar surface area (TPSA) is 77.1 Å². The zero-order valence-corrected chi connectivity index (χ0v) is 12.2. The van der Waals surface area contributed by atoms with E-state index in [1.54, 1.807) is 31.2 Å². The van der Waals surface area contributed by atoms with Gasteiger partial charge in [-0.2, -0.15) is 0 Å². The summed E-state index contributed by atoms with van der Waals surface area (Å²) >= 11 is 0. The third-order valence-corrected chi connectivity index (χ3v) is 2.89. The van der Waals surface area contributed by atoms with Gasteiger partial charge in [0.2, 0.25) is 0 Å². The largest absolute Gasteiger partial charge is 0.399 e. The molecule has 0 radical (unpaired) electrons. The van der Waals surface area contributed by atoms with E-state index in [1.165, 1.54) is 0 Å². The first kappa shape index (κ1) is 14.1. The molecule has 1 amide bonds. The Hall–Kier alpha value is -2.30. The van der Waals surface area contributed by atoms with Gasteiger partial charge in [-0.15, -0.1) is 0 Å². The normalized spacial score (nSPS) is 11.6. The molecule has 5 heteroatoms. The first-order valence-corrected chi connectivity index (χ1v) is 6.43. The van der Waals surface area contributed by atoms with Gasteiger partial charge in [-0.05, 0) is 51.3 Å². The number of aryl methyl sites for hydroxylation is 1. The fourth-order valence-electron chi connectivity index (χ4n) is 2.04. The van der Waals surface area contributed by atoms with Crippen LogP contribution in [0.3, 0.4) is 0 Å². The van der Waals surface area contributed by atoms with Crippen LogP contribution < -0.4 is 16.6 Å². The summed E-state index contributed by atoms with van der Waals surface area (Å²) in [5.41, 5.74) is 6.56. The van der Waals surface area contributed by atoms with Crippen molar-refractivity contribution in [2.45, 2.75) is 33.2 Å². The Labute approximate surface area is 117 Å². The zero-order chi connectivity index (χ0) is 15.1. The molecule has 3 N–H and O–H groups in total. The molecule has 1 aromatic heterocycles. The number of anilines is 1. The molecular weight excluding hydrogens is 254 g/mol. The van der Waals surface area contributed by atoms with Crippen LogP contribution in [0.25, 0.3) is 10.9 Å². The maximum absolute atomic E-state index is 12.4. The number of hydrogen-bond acceptors (Lipinski definition) is 3. The number of hydrogen-bond donors (Lipinski definition) is 2. The Kier molecular flexibility index (Phi) is 3.29. The van der Waals surface area contributed by atoms with Crippen molar-refractivity contribution in [3.05, 3.63) is 40.2 Å². The molecular formula is C15H19N3O2. The highest BCUT2D eigenvalue weighted by Crippen LogP contribution is 2.17. The lowest BCUT2D eigenvalue weighted by molar-refractivity contribution is 0.233. The number of fused-ring (bicyclic) bond motifs is 1. The lowest BCUT2D eigenvalue weighted by atomic mass is 10.1. The van der Waals surface area contributed by atoms with Crippen LogP contribution in [0.1, 0.15) is 26.3 Å². The van der Waals surface area contributed by atoms with Gasteiger partial charge in [-0.25, -0.2) is 9.36 Å². The second kappa shape index (κ2) is 4.67. The van der Waals surface area contributed by atoms with E-state index in [-0.39, 0.29) is 5.56 Å². The van der Waals surface area contributed by atoms with Gasteiger partial charge in [0.05, 0.1) is 5.52 Å². The molecule has 0 unspecified atom stereocenters. The first-order chi connectivity index (χ1) is 9.19. The summed E-state index contributed by atoms with van der Waals surface area (Å²) in [6.45, 7) is 7.28. The SMILES string of the molecule is Cc1cc2ccc(N)cc2n(C(=O)NC(C)(C)C)c1=O. The maximum atomic E-state index is 12.4. The van der Waals surface area contributed by atoms with Crippen LogP contribution in [-0.4, -0.2) is 16.1 Å². The third kappa shape index (κ3) is 2.66. The smallest absolute Gasteiger partial charge is 0.329 e. The molecule has 2 rings (SSSR count). The fourth-order valence-corrected chi connectivity index (χ4v) is 2.04. The van der Waals surface area contributed by atoms with Gasteiger partial charge >= 0.3 is 6.03 Å². The number of nitrogens with one attached hydrogen (secondary N) is 1. The number of benzene rings is 1. The van der Waals surface area contributed by atoms with E-state index in [0.717, 1.165) is 9.95 Å². The Balaban J connectivity index is 2.73. The van der Waals surface area contributed by atoms with E-state index in [2.05, 4.69) is 5.32 Å². The summed E-state index contributed by atoms with van der Waals surface area (Å²) in [7, 11) is 0. The van der Waals surface area contributed by atoms with E-state index in [4.69, 9.17) is 5.73 Å². The predicted molar refractivity (Wildman–Crippen MR) is 81.0 cm³/mol. The minimum Gasteiger partial charge on any atom is -0.399 e. The molecule has 0 saturated heterocycles. The quantitative estimate of drug-likeness (QED) is 0.723. The van der Waals surface area contributed by atoms with Crippen molar-refractivity contribution < 1.29 is 4.79 Å². The molecule has 0 bridgehead atoms. The second-order valence-corrected chi connectivity index (χ2v) is 5.97. The Morgan fingerprint density at radius 2 is 1.90 bits per heavy atom. The van der Waals surface area contributed by atoms with Crippen molar-refractivity contribution in [2.75, 3.05) is 5.73 Å². The fraction of sp³-hybridized carbons (Fsp3) is 0.333. The van der Waals surface area contributed by atoms with Gasteiger partial charge in [-0.1, -0.05) is 6.07 Å². The van der Waals surface area contributed by atoms with E-state index >= 15 is 0 Å². The molecule has 2 aromatic rings. The Morgan fingerprint density at radius 1 is 1.25 bits per heavy atom. The van der Waals surface area contributed by atoms with Gasteiger partial charge in [0.15, 0.2) is 0 Å². The molecule has 20 heavy (non-hydrogen) atoms. The number of amides is 1. The van der Waals surface area contributed by atoms with Crippen LogP contribution in [0.2, 0.25) is 0 Å². The summed E-state index contributed by atoms with van der Waals surface area (Å²) in [5.74, 6) is 0. The summed E-state index contributed by atoms with van der Waals surface area (Å²) in [6, 6.07) is 6.51. The summed E-state index contributed by atoms with van der Waals surface area (Å²) in [6.07, 6.45) is 0. The van der Waals surface area contributed by atoms with Crippen LogP contribution in [0, 0.1) is 6.92 Å². The van der Waals surface area contributed by atoms with Gasteiger partial charge in [0.25, 0.3) is 5.56 Å². The number of carbonyl (C=O) groups excluding carboxylic acids is 1. The lowest BCUT2D eigenvalue weighted by Gasteiger charge is -2.22. The highest BCUT2D eigenvalue weighted by molar-refractivity contribution is 5.92. The number of pyridine rings is 1. The highest BCUT2D eigenvalue weighted by atomic mass is 16.2. The van der Waals surface area contributed by atoms with Crippen LogP contribution in [0.15, 0.2) is 29.1 Å². The number of nitrogens with two attached hydrogens (primary N) is 1. The van der Waals surface area contributed by atoms with Crippen molar-refractivity contribution >= 4 is 22.6 Å². The molecule has 0 spiro atoms. The Bertz CT molecular complexity index is 739. The van der Waals surface area contributed by atoms with Crippen molar-refractivity contribution in [2.24, 2.45) is 0 Å². The van der Waals surface area contributed by atoms with Crippen molar-refractivity contribution in [1.82, 2.24) is 9.88 Å². The number of aromatic nitrogens is 1. The van der Waals surface area contributed by atoms with Crippen LogP contribution in [0.5, 0.6) is 0 Å². The average Bonchev–Trinajstić information content (AvgIpc) is 2.29. The molecule has 106 valence electrons. The van der Waals surface area contributed by atoms with Crippen LogP contribution in [0.4, 0.5) is 10.5 Å². The second-order valence-electron chi connectivity index (χ2n) is 5.97. The Morgan fingerprint density at radius 3 is 2.50 bits per heavy atom. The molecule has 0 aliphatic carbocycles. The summed E-state index contributed by atoms with van der Waals surface area (Å²) in [5, 5.41) is 3.60. The van der Waals surface area contributed by atoms with E-state index in [9.17, 15) is 9.59 Å². The minimum atomic E-state index is -0.443. The molecule has 0 fully saturated rings. The molecule has 0 aliphatic heterocycles. The van der Waals surface area contributed by atoms with Gasteiger partial charge < -0.3 is 11.1 Å². The average molecular weight is 273 g/mol.